The van der Waals surface area contributed by atoms with Crippen LogP contribution in [0, 0.1) is 22.2 Å². The van der Waals surface area contributed by atoms with Crippen LogP contribution in [0.1, 0.15) is 53.9 Å². The zero-order valence-electron chi connectivity index (χ0n) is 11.4. The zero-order chi connectivity index (χ0) is 12.4. The Morgan fingerprint density at radius 2 is 1.81 bits per heavy atom. The van der Waals surface area contributed by atoms with E-state index in [0.717, 1.165) is 19.3 Å². The fourth-order valence-corrected chi connectivity index (χ4v) is 4.57. The lowest BCUT2D eigenvalue weighted by molar-refractivity contribution is -0.122. The van der Waals surface area contributed by atoms with Crippen molar-refractivity contribution in [3.63, 3.8) is 0 Å². The van der Waals surface area contributed by atoms with Crippen LogP contribution in [0.4, 0.5) is 0 Å². The Hall–Kier alpha value is -0.300. The fourth-order valence-electron chi connectivity index (χ4n) is 4.57. The number of aliphatic hydroxyl groups is 1. The van der Waals surface area contributed by atoms with Gasteiger partial charge in [0.2, 0.25) is 0 Å². The molecule has 2 aliphatic rings. The van der Waals surface area contributed by atoms with Crippen molar-refractivity contribution >= 4 is 0 Å². The first-order valence-electron chi connectivity index (χ1n) is 6.53. The number of rotatable bonds is 0. The molecule has 0 unspecified atom stereocenters. The summed E-state index contributed by atoms with van der Waals surface area (Å²) in [5.74, 6) is 0.362. The summed E-state index contributed by atoms with van der Waals surface area (Å²) in [6.07, 6.45) is 3.09. The lowest BCUT2D eigenvalue weighted by atomic mass is 9.48. The zero-order valence-corrected chi connectivity index (χ0v) is 11.4. The van der Waals surface area contributed by atoms with Gasteiger partial charge < -0.3 is 5.11 Å². The topological polar surface area (TPSA) is 20.2 Å². The van der Waals surface area contributed by atoms with Gasteiger partial charge in [0.25, 0.3) is 0 Å². The first-order valence-corrected chi connectivity index (χ1v) is 6.53. The Morgan fingerprint density at radius 1 is 1.25 bits per heavy atom. The lowest BCUT2D eigenvalue weighted by Gasteiger charge is -2.57. The van der Waals surface area contributed by atoms with Crippen LogP contribution in [-0.2, 0) is 0 Å². The van der Waals surface area contributed by atoms with Gasteiger partial charge in [0.1, 0.15) is 0 Å². The number of hydrogen-bond acceptors (Lipinski definition) is 1. The average Bonchev–Trinajstić information content (AvgIpc) is 2.33. The van der Waals surface area contributed by atoms with E-state index in [2.05, 4.69) is 41.2 Å². The highest BCUT2D eigenvalue weighted by Crippen LogP contribution is 2.71. The number of hydrogen-bond donors (Lipinski definition) is 1. The van der Waals surface area contributed by atoms with Gasteiger partial charge in [-0.2, -0.15) is 0 Å². The minimum absolute atomic E-state index is 0.136. The molecule has 2 aliphatic carbocycles. The molecule has 92 valence electrons. The second-order valence-electron chi connectivity index (χ2n) is 7.06. The molecule has 0 amide bonds. The second kappa shape index (κ2) is 3.13. The van der Waals surface area contributed by atoms with Gasteiger partial charge in [-0.3, -0.25) is 0 Å². The van der Waals surface area contributed by atoms with Crippen LogP contribution in [0.25, 0.3) is 0 Å². The molecule has 0 heterocycles. The summed E-state index contributed by atoms with van der Waals surface area (Å²) < 4.78 is 0. The van der Waals surface area contributed by atoms with Crippen LogP contribution in [0.5, 0.6) is 0 Å². The molecule has 1 heteroatoms. The van der Waals surface area contributed by atoms with Crippen LogP contribution in [-0.4, -0.2) is 11.2 Å². The molecule has 0 aliphatic heterocycles. The Morgan fingerprint density at radius 3 is 2.38 bits per heavy atom. The second-order valence-corrected chi connectivity index (χ2v) is 7.06. The van der Waals surface area contributed by atoms with Gasteiger partial charge in [-0.1, -0.05) is 46.8 Å². The number of fused-ring (bicyclic) bond motifs is 1. The molecule has 0 aromatic heterocycles. The predicted molar refractivity (Wildman–Crippen MR) is 68.2 cm³/mol. The summed E-state index contributed by atoms with van der Waals surface area (Å²) in [6.45, 7) is 15.9. The molecular formula is C15H26O. The van der Waals surface area contributed by atoms with Crippen LogP contribution in [0.15, 0.2) is 12.2 Å². The highest BCUT2D eigenvalue weighted by molar-refractivity contribution is 5.28. The average molecular weight is 222 g/mol. The molecule has 1 nitrogen and oxygen atoms in total. The normalized spacial score (nSPS) is 51.5. The molecule has 2 saturated carbocycles. The molecule has 0 spiro atoms. The monoisotopic (exact) mass is 222 g/mol. The maximum Gasteiger partial charge on any atom is 0.0571 e. The van der Waals surface area contributed by atoms with Crippen LogP contribution >= 0.6 is 0 Å². The Bertz CT molecular complexity index is 330. The Balaban J connectivity index is 2.55. The Labute approximate surface area is 99.9 Å². The predicted octanol–water partition coefficient (Wildman–Crippen LogP) is 3.78. The smallest absolute Gasteiger partial charge is 0.0571 e. The molecule has 1 N–H and O–H groups in total. The number of aliphatic hydroxyl groups excluding tert-OH is 1. The van der Waals surface area contributed by atoms with Gasteiger partial charge >= 0.3 is 0 Å². The standard InChI is InChI=1S/C15H26O/c1-10-9-14(5)8-7-12(16)11(2)15(14,6)13(10,3)4/h11-12,16H,1,7-9H2,2-6H3/t11-,12-,14+,15-/m0/s1. The quantitative estimate of drug-likeness (QED) is 0.618. The summed E-state index contributed by atoms with van der Waals surface area (Å²) in [4.78, 5) is 0. The highest BCUT2D eigenvalue weighted by Gasteiger charge is 2.65. The van der Waals surface area contributed by atoms with Crippen molar-refractivity contribution in [2.24, 2.45) is 22.2 Å². The first-order chi connectivity index (χ1) is 7.17. The van der Waals surface area contributed by atoms with E-state index in [1.165, 1.54) is 5.57 Å². The Kier molecular flexibility index (Phi) is 2.38. The van der Waals surface area contributed by atoms with Crippen LogP contribution < -0.4 is 0 Å². The van der Waals surface area contributed by atoms with E-state index in [0.29, 0.717) is 11.3 Å². The van der Waals surface area contributed by atoms with Gasteiger partial charge in [-0.25, -0.2) is 0 Å². The van der Waals surface area contributed by atoms with Crippen molar-refractivity contribution in [3.05, 3.63) is 12.2 Å². The SMILES string of the molecule is C=C1C[C@@]2(C)CC[C@H](O)[C@H](C)[C@@]2(C)C1(C)C. The molecule has 0 radical (unpaired) electrons. The van der Waals surface area contributed by atoms with Gasteiger partial charge in [0, 0.05) is 0 Å². The first kappa shape index (κ1) is 12.2. The summed E-state index contributed by atoms with van der Waals surface area (Å²) in [5.41, 5.74) is 2.02. The summed E-state index contributed by atoms with van der Waals surface area (Å²) in [5, 5.41) is 10.2. The van der Waals surface area contributed by atoms with E-state index in [-0.39, 0.29) is 16.9 Å². The molecule has 4 atom stereocenters. The molecule has 2 fully saturated rings. The van der Waals surface area contributed by atoms with Crippen LogP contribution in [0.2, 0.25) is 0 Å². The van der Waals surface area contributed by atoms with Gasteiger partial charge in [-0.15, -0.1) is 0 Å². The number of allylic oxidation sites excluding steroid dienone is 1. The molecule has 2 rings (SSSR count). The minimum Gasteiger partial charge on any atom is -0.393 e. The van der Waals surface area contributed by atoms with Crippen molar-refractivity contribution in [1.29, 1.82) is 0 Å². The highest BCUT2D eigenvalue weighted by atomic mass is 16.3. The van der Waals surface area contributed by atoms with E-state index in [4.69, 9.17) is 0 Å². The molecule has 0 bridgehead atoms. The van der Waals surface area contributed by atoms with E-state index in [9.17, 15) is 5.11 Å². The molecule has 0 aromatic carbocycles. The maximum atomic E-state index is 10.2. The maximum absolute atomic E-state index is 10.2. The molecule has 0 aromatic rings. The van der Waals surface area contributed by atoms with Gasteiger partial charge in [0.05, 0.1) is 6.10 Å². The van der Waals surface area contributed by atoms with Crippen molar-refractivity contribution in [2.75, 3.05) is 0 Å². The summed E-state index contributed by atoms with van der Waals surface area (Å²) >= 11 is 0. The minimum atomic E-state index is -0.136. The van der Waals surface area contributed by atoms with Crippen LogP contribution in [0.3, 0.4) is 0 Å². The molecule has 16 heavy (non-hydrogen) atoms. The van der Waals surface area contributed by atoms with E-state index >= 15 is 0 Å². The third-order valence-electron chi connectivity index (χ3n) is 6.52. The van der Waals surface area contributed by atoms with Crippen molar-refractivity contribution in [1.82, 2.24) is 0 Å². The largest absolute Gasteiger partial charge is 0.393 e. The summed E-state index contributed by atoms with van der Waals surface area (Å²) in [7, 11) is 0. The molecule has 0 saturated heterocycles. The van der Waals surface area contributed by atoms with E-state index in [1.54, 1.807) is 0 Å². The van der Waals surface area contributed by atoms with Gasteiger partial charge in [-0.05, 0) is 41.4 Å². The third kappa shape index (κ3) is 1.11. The van der Waals surface area contributed by atoms with E-state index in [1.807, 2.05) is 0 Å². The van der Waals surface area contributed by atoms with Crippen molar-refractivity contribution in [3.8, 4) is 0 Å². The van der Waals surface area contributed by atoms with E-state index < -0.39 is 0 Å². The van der Waals surface area contributed by atoms with Crippen molar-refractivity contribution < 1.29 is 5.11 Å². The lowest BCUT2D eigenvalue weighted by Crippen LogP contribution is -2.53. The molecular weight excluding hydrogens is 196 g/mol. The van der Waals surface area contributed by atoms with Gasteiger partial charge in [0.15, 0.2) is 0 Å². The van der Waals surface area contributed by atoms with Crippen molar-refractivity contribution in [2.45, 2.75) is 60.0 Å². The third-order valence-corrected chi connectivity index (χ3v) is 6.52. The fraction of sp³-hybridized carbons (Fsp3) is 0.867. The summed E-state index contributed by atoms with van der Waals surface area (Å²) in [6, 6.07) is 0.